The first-order chi connectivity index (χ1) is 9.44. The normalized spacial score (nSPS) is 11.9. The van der Waals surface area contributed by atoms with E-state index < -0.39 is 10.0 Å². The number of aliphatic hydroxyl groups is 1. The van der Waals surface area contributed by atoms with Gasteiger partial charge in [0, 0.05) is 22.7 Å². The van der Waals surface area contributed by atoms with Crippen LogP contribution in [0.3, 0.4) is 0 Å². The molecule has 0 unspecified atom stereocenters. The van der Waals surface area contributed by atoms with Crippen LogP contribution in [0.25, 0.3) is 0 Å². The molecule has 0 aromatic carbocycles. The highest BCUT2D eigenvalue weighted by Gasteiger charge is 2.22. The quantitative estimate of drug-likeness (QED) is 0.709. The average Bonchev–Trinajstić information content (AvgIpc) is 2.95. The Morgan fingerprint density at radius 1 is 1.50 bits per heavy atom. The molecule has 0 radical (unpaired) electrons. The van der Waals surface area contributed by atoms with Crippen LogP contribution in [0.5, 0.6) is 0 Å². The topological polar surface area (TPSA) is 95.1 Å². The Bertz CT molecular complexity index is 694. The summed E-state index contributed by atoms with van der Waals surface area (Å²) in [7, 11) is -3.70. The molecule has 0 spiro atoms. The zero-order valence-electron chi connectivity index (χ0n) is 10.7. The minimum atomic E-state index is -3.70. The molecular formula is C11H14BrN3O3S2. The van der Waals surface area contributed by atoms with Crippen molar-refractivity contribution in [2.45, 2.75) is 25.0 Å². The molecule has 20 heavy (non-hydrogen) atoms. The molecule has 0 saturated heterocycles. The van der Waals surface area contributed by atoms with Gasteiger partial charge in [0.25, 0.3) is 10.0 Å². The van der Waals surface area contributed by atoms with Crippen molar-refractivity contribution in [1.29, 1.82) is 0 Å². The summed E-state index contributed by atoms with van der Waals surface area (Å²) in [5.41, 5.74) is 0.853. The molecule has 2 rings (SSSR count). The first-order valence-corrected chi connectivity index (χ1v) is 8.92. The molecule has 0 fully saturated rings. The Morgan fingerprint density at radius 3 is 2.85 bits per heavy atom. The second kappa shape index (κ2) is 6.35. The Labute approximate surface area is 129 Å². The molecule has 2 heterocycles. The molecular weight excluding hydrogens is 366 g/mol. The Hall–Kier alpha value is -0.740. The number of hydrogen-bond donors (Lipinski definition) is 3. The summed E-state index contributed by atoms with van der Waals surface area (Å²) < 4.78 is 27.7. The molecule has 0 amide bonds. The van der Waals surface area contributed by atoms with E-state index in [4.69, 9.17) is 0 Å². The fraction of sp³-hybridized carbons (Fsp3) is 0.364. The van der Waals surface area contributed by atoms with Crippen molar-refractivity contribution < 1.29 is 13.5 Å². The van der Waals surface area contributed by atoms with Gasteiger partial charge >= 0.3 is 0 Å². The lowest BCUT2D eigenvalue weighted by Gasteiger charge is -2.05. The Morgan fingerprint density at radius 2 is 2.25 bits per heavy atom. The number of rotatable bonds is 6. The van der Waals surface area contributed by atoms with E-state index >= 15 is 0 Å². The summed E-state index contributed by atoms with van der Waals surface area (Å²) >= 11 is 4.93. The van der Waals surface area contributed by atoms with Crippen LogP contribution >= 0.6 is 27.3 Å². The summed E-state index contributed by atoms with van der Waals surface area (Å²) in [4.78, 5) is 1.08. The van der Waals surface area contributed by atoms with Crippen LogP contribution < -0.4 is 4.72 Å². The minimum Gasteiger partial charge on any atom is -0.392 e. The van der Waals surface area contributed by atoms with Gasteiger partial charge in [-0.25, -0.2) is 13.1 Å². The number of H-pyrrole nitrogens is 1. The maximum atomic E-state index is 12.1. The van der Waals surface area contributed by atoms with Crippen molar-refractivity contribution in [3.63, 3.8) is 0 Å². The van der Waals surface area contributed by atoms with Crippen LogP contribution in [0.15, 0.2) is 20.9 Å². The lowest BCUT2D eigenvalue weighted by Crippen LogP contribution is -2.27. The van der Waals surface area contributed by atoms with E-state index in [-0.39, 0.29) is 18.2 Å². The molecule has 2 aromatic heterocycles. The maximum Gasteiger partial charge on any atom is 0.260 e. The number of nitrogens with zero attached hydrogens (tertiary/aromatic N) is 1. The van der Waals surface area contributed by atoms with Gasteiger partial charge in [0.2, 0.25) is 0 Å². The smallest absolute Gasteiger partial charge is 0.260 e. The van der Waals surface area contributed by atoms with Crippen molar-refractivity contribution in [2.24, 2.45) is 0 Å². The summed E-state index contributed by atoms with van der Waals surface area (Å²) in [5, 5.41) is 15.4. The van der Waals surface area contributed by atoms with Gasteiger partial charge in [-0.1, -0.05) is 0 Å². The maximum absolute atomic E-state index is 12.1. The van der Waals surface area contributed by atoms with Gasteiger partial charge in [-0.3, -0.25) is 5.10 Å². The molecule has 6 nitrogen and oxygen atoms in total. The predicted octanol–water partition coefficient (Wildman–Crippen LogP) is 1.56. The van der Waals surface area contributed by atoms with Gasteiger partial charge in [-0.15, -0.1) is 11.3 Å². The third-order valence-corrected chi connectivity index (χ3v) is 5.86. The van der Waals surface area contributed by atoms with Crippen molar-refractivity contribution in [3.8, 4) is 0 Å². The monoisotopic (exact) mass is 379 g/mol. The second-order valence-corrected chi connectivity index (χ2v) is 8.37. The van der Waals surface area contributed by atoms with E-state index in [0.29, 0.717) is 17.7 Å². The van der Waals surface area contributed by atoms with E-state index in [1.807, 2.05) is 12.1 Å². The van der Waals surface area contributed by atoms with Crippen molar-refractivity contribution in [2.75, 3.05) is 6.54 Å². The third kappa shape index (κ3) is 3.47. The van der Waals surface area contributed by atoms with Crippen LogP contribution in [0, 0.1) is 6.92 Å². The van der Waals surface area contributed by atoms with Crippen molar-refractivity contribution in [1.82, 2.24) is 14.9 Å². The van der Waals surface area contributed by atoms with Crippen molar-refractivity contribution >= 4 is 37.3 Å². The zero-order valence-corrected chi connectivity index (χ0v) is 13.9. The average molecular weight is 380 g/mol. The molecule has 9 heteroatoms. The summed E-state index contributed by atoms with van der Waals surface area (Å²) in [6.07, 6.45) is 0.605. The van der Waals surface area contributed by atoms with Gasteiger partial charge < -0.3 is 5.11 Å². The number of sulfonamides is 1. The molecule has 0 bridgehead atoms. The Balaban J connectivity index is 2.04. The molecule has 110 valence electrons. The number of hydrogen-bond acceptors (Lipinski definition) is 5. The number of aryl methyl sites for hydroxylation is 1. The number of nitrogens with one attached hydrogen (secondary N) is 2. The van der Waals surface area contributed by atoms with E-state index in [1.165, 1.54) is 0 Å². The van der Waals surface area contributed by atoms with Gasteiger partial charge in [0.15, 0.2) is 5.03 Å². The standard InChI is InChI=1S/C11H14BrN3O3S2/c1-7-9(6-16)11(15-14-7)20(17,18)13-5-4-8-2-3-10(12)19-8/h2-3,13,16H,4-6H2,1H3,(H,14,15). The predicted molar refractivity (Wildman–Crippen MR) is 80.2 cm³/mol. The van der Waals surface area contributed by atoms with Crippen LogP contribution in [0.2, 0.25) is 0 Å². The summed E-state index contributed by atoms with van der Waals surface area (Å²) in [5.74, 6) is 0. The van der Waals surface area contributed by atoms with Gasteiger partial charge in [0.1, 0.15) is 0 Å². The number of aliphatic hydroxyl groups excluding tert-OH is 1. The van der Waals surface area contributed by atoms with Crippen LogP contribution in [0.1, 0.15) is 16.1 Å². The highest BCUT2D eigenvalue weighted by Crippen LogP contribution is 2.22. The summed E-state index contributed by atoms with van der Waals surface area (Å²) in [6, 6.07) is 3.87. The van der Waals surface area contributed by atoms with Crippen LogP contribution in [-0.4, -0.2) is 30.3 Å². The number of aromatic amines is 1. The van der Waals surface area contributed by atoms with Gasteiger partial charge in [-0.05, 0) is 41.4 Å². The first-order valence-electron chi connectivity index (χ1n) is 5.82. The highest BCUT2D eigenvalue weighted by atomic mass is 79.9. The second-order valence-electron chi connectivity index (χ2n) is 4.14. The SMILES string of the molecule is Cc1[nH]nc(S(=O)(=O)NCCc2ccc(Br)s2)c1CO. The molecule has 3 N–H and O–H groups in total. The van der Waals surface area contributed by atoms with Crippen molar-refractivity contribution in [3.05, 3.63) is 32.1 Å². The number of halogens is 1. The molecule has 0 aliphatic carbocycles. The lowest BCUT2D eigenvalue weighted by atomic mass is 10.3. The van der Waals surface area contributed by atoms with E-state index in [9.17, 15) is 13.5 Å². The highest BCUT2D eigenvalue weighted by molar-refractivity contribution is 9.11. The van der Waals surface area contributed by atoms with Crippen LogP contribution in [0.4, 0.5) is 0 Å². The molecule has 0 atom stereocenters. The van der Waals surface area contributed by atoms with E-state index in [1.54, 1.807) is 18.3 Å². The zero-order chi connectivity index (χ0) is 14.8. The Kier molecular flexibility index (Phi) is 4.97. The lowest BCUT2D eigenvalue weighted by molar-refractivity contribution is 0.277. The summed E-state index contributed by atoms with van der Waals surface area (Å²) in [6.45, 7) is 1.59. The minimum absolute atomic E-state index is 0.134. The largest absolute Gasteiger partial charge is 0.392 e. The first kappa shape index (κ1) is 15.6. The molecule has 2 aromatic rings. The number of thiophene rings is 1. The number of aromatic nitrogens is 2. The molecule has 0 saturated carbocycles. The molecule has 0 aliphatic rings. The van der Waals surface area contributed by atoms with E-state index in [0.717, 1.165) is 8.66 Å². The fourth-order valence-electron chi connectivity index (χ4n) is 1.70. The van der Waals surface area contributed by atoms with Gasteiger partial charge in [-0.2, -0.15) is 5.10 Å². The van der Waals surface area contributed by atoms with Gasteiger partial charge in [0.05, 0.1) is 10.4 Å². The third-order valence-electron chi connectivity index (χ3n) is 2.74. The molecule has 0 aliphatic heterocycles. The van der Waals surface area contributed by atoms with E-state index in [2.05, 4.69) is 30.8 Å². The fourth-order valence-corrected chi connectivity index (χ4v) is 4.40. The van der Waals surface area contributed by atoms with Crippen LogP contribution in [-0.2, 0) is 23.1 Å².